The van der Waals surface area contributed by atoms with Gasteiger partial charge in [0.15, 0.2) is 16.4 Å². The Kier molecular flexibility index (Phi) is 18.7. The zero-order valence-corrected chi connectivity index (χ0v) is 37.7. The second kappa shape index (κ2) is 22.9. The maximum atomic E-state index is 13.0. The lowest BCUT2D eigenvalue weighted by molar-refractivity contribution is -0.134. The number of hydrogen-bond acceptors (Lipinski definition) is 13. The molecule has 0 aliphatic heterocycles. The number of aromatic nitrogens is 6. The third-order valence-corrected chi connectivity index (χ3v) is 13.5. The van der Waals surface area contributed by atoms with Crippen LogP contribution >= 0.6 is 45.9 Å². The number of aliphatic carboxylic acids is 1. The van der Waals surface area contributed by atoms with E-state index in [1.54, 1.807) is 18.2 Å². The molecule has 0 atom stereocenters. The zero-order valence-electron chi connectivity index (χ0n) is 33.7. The van der Waals surface area contributed by atoms with E-state index in [2.05, 4.69) is 25.3 Å². The lowest BCUT2D eigenvalue weighted by atomic mass is 10.2. The van der Waals surface area contributed by atoms with Gasteiger partial charge in [0.25, 0.3) is 17.1 Å². The van der Waals surface area contributed by atoms with Gasteiger partial charge >= 0.3 is 0 Å². The van der Waals surface area contributed by atoms with Crippen molar-refractivity contribution in [2.75, 3.05) is 30.1 Å². The van der Waals surface area contributed by atoms with E-state index in [9.17, 15) is 18.0 Å². The average Bonchev–Trinajstić information content (AvgIpc) is 3.90. The van der Waals surface area contributed by atoms with E-state index in [1.165, 1.54) is 40.0 Å². The molecule has 0 radical (unpaired) electrons. The maximum absolute atomic E-state index is 13.0. The van der Waals surface area contributed by atoms with Crippen molar-refractivity contribution in [3.05, 3.63) is 152 Å². The van der Waals surface area contributed by atoms with E-state index in [0.29, 0.717) is 36.9 Å². The number of carbonyl (C=O) groups is 1. The SMILES string of the molecule is C.C.CC(=O)O.CCS(=O)(=O)c1nc2ncn(-c3c(C)cccc3Cl)c(=O)c2s1.CNc1ccccc1.Cc1cccc(Cl)c1-n1cnc2nc(N(C)c3ccccc3)sc2c1=O. The first-order chi connectivity index (χ1) is 29.1. The number of hydrogen-bond donors (Lipinski definition) is 2. The van der Waals surface area contributed by atoms with E-state index in [0.717, 1.165) is 40.8 Å². The molecule has 8 rings (SSSR count). The van der Waals surface area contributed by atoms with E-state index < -0.39 is 15.8 Å². The fourth-order valence-corrected chi connectivity index (χ4v) is 9.36. The second-order valence-electron chi connectivity index (χ2n) is 12.9. The highest BCUT2D eigenvalue weighted by molar-refractivity contribution is 7.93. The van der Waals surface area contributed by atoms with Gasteiger partial charge in [-0.2, -0.15) is 4.98 Å². The minimum absolute atomic E-state index is 0. The van der Waals surface area contributed by atoms with Gasteiger partial charge < -0.3 is 15.3 Å². The molecule has 0 aliphatic rings. The minimum Gasteiger partial charge on any atom is -0.481 e. The van der Waals surface area contributed by atoms with Crippen LogP contribution in [0.4, 0.5) is 16.5 Å². The molecule has 4 aromatic heterocycles. The van der Waals surface area contributed by atoms with Crippen LogP contribution in [0.3, 0.4) is 0 Å². The minimum atomic E-state index is -3.48. The lowest BCUT2D eigenvalue weighted by Gasteiger charge is -2.14. The topological polar surface area (TPSA) is 182 Å². The number of benzene rings is 4. The predicted molar refractivity (Wildman–Crippen MR) is 261 cm³/mol. The third-order valence-electron chi connectivity index (χ3n) is 8.60. The molecule has 63 heavy (non-hydrogen) atoms. The summed E-state index contributed by atoms with van der Waals surface area (Å²) in [7, 11) is 0.355. The first-order valence-electron chi connectivity index (χ1n) is 18.3. The van der Waals surface area contributed by atoms with E-state index in [1.807, 2.05) is 112 Å². The first kappa shape index (κ1) is 51.4. The Labute approximate surface area is 384 Å². The van der Waals surface area contributed by atoms with E-state index in [4.69, 9.17) is 33.1 Å². The summed E-state index contributed by atoms with van der Waals surface area (Å²) in [4.78, 5) is 53.6. The molecule has 332 valence electrons. The fraction of sp³-hybridized carbons (Fsp3) is 0.205. The summed E-state index contributed by atoms with van der Waals surface area (Å²) in [5.41, 5.74) is 5.08. The van der Waals surface area contributed by atoms with Gasteiger partial charge in [0.05, 0.1) is 27.2 Å². The smallest absolute Gasteiger partial charge is 0.300 e. The number of halogens is 2. The highest BCUT2D eigenvalue weighted by Crippen LogP contribution is 2.31. The highest BCUT2D eigenvalue weighted by atomic mass is 35.5. The van der Waals surface area contributed by atoms with Gasteiger partial charge in [-0.25, -0.2) is 23.4 Å². The van der Waals surface area contributed by atoms with Crippen molar-refractivity contribution >= 4 is 98.9 Å². The van der Waals surface area contributed by atoms with Gasteiger partial charge in [0, 0.05) is 32.4 Å². The Morgan fingerprint density at radius 3 is 1.62 bits per heavy atom. The summed E-state index contributed by atoms with van der Waals surface area (Å²) in [6.07, 6.45) is 2.81. The van der Waals surface area contributed by atoms with Gasteiger partial charge in [-0.1, -0.05) is 128 Å². The standard InChI is InChI=1S/C19H15ClN4OS.C14H12ClN3O3S2.C7H9N.C2H4O2.2CH4/c1-12-7-6-10-14(20)15(12)24-11-21-17-16(18(24)25)26-19(22-17)23(2)13-8-4-3-5-9-13;1-3-23(20,21)14-17-12-11(22-14)13(19)18(7-16-12)10-8(2)5-4-6-9(10)15;1-8-7-5-3-2-4-6-7;1-2(3)4;;/h3-11H,1-2H3;4-7H,3H2,1-2H3;2-6,8H,1H3;1H3,(H,3,4);2*1H4. The Morgan fingerprint density at radius 1 is 0.746 bits per heavy atom. The number of thiazole rings is 2. The molecule has 0 unspecified atom stereocenters. The molecule has 0 saturated heterocycles. The van der Waals surface area contributed by atoms with Crippen molar-refractivity contribution in [1.29, 1.82) is 0 Å². The zero-order chi connectivity index (χ0) is 44.4. The number of sulfone groups is 1. The molecule has 19 heteroatoms. The largest absolute Gasteiger partial charge is 0.481 e. The van der Waals surface area contributed by atoms with Crippen LogP contribution in [-0.2, 0) is 14.6 Å². The molecule has 0 spiro atoms. The molecule has 8 aromatic rings. The normalized spacial score (nSPS) is 10.4. The first-order valence-corrected chi connectivity index (χ1v) is 22.3. The van der Waals surface area contributed by atoms with Crippen LogP contribution in [0.25, 0.3) is 32.1 Å². The Bertz CT molecular complexity index is 2990. The number of anilines is 3. The van der Waals surface area contributed by atoms with Crippen LogP contribution in [0.1, 0.15) is 39.8 Å². The lowest BCUT2D eigenvalue weighted by Crippen LogP contribution is -2.19. The van der Waals surface area contributed by atoms with Crippen molar-refractivity contribution in [2.45, 2.75) is 46.9 Å². The molecule has 0 amide bonds. The van der Waals surface area contributed by atoms with Crippen LogP contribution in [0.2, 0.25) is 10.0 Å². The number of fused-ring (bicyclic) bond motifs is 2. The maximum Gasteiger partial charge on any atom is 0.300 e. The number of nitrogens with one attached hydrogen (secondary N) is 1. The molecule has 4 aromatic carbocycles. The molecular weight excluding hydrogens is 904 g/mol. The molecule has 4 heterocycles. The molecule has 2 N–H and O–H groups in total. The molecule has 0 aliphatic carbocycles. The summed E-state index contributed by atoms with van der Waals surface area (Å²) in [5.74, 6) is -0.912. The van der Waals surface area contributed by atoms with Gasteiger partial charge in [-0.05, 0) is 61.4 Å². The number of aryl methyl sites for hydroxylation is 2. The van der Waals surface area contributed by atoms with Crippen LogP contribution in [-0.4, -0.2) is 68.4 Å². The molecular formula is C44H48Cl2N8O6S3. The number of para-hydroxylation sites is 4. The summed E-state index contributed by atoms with van der Waals surface area (Å²) >= 11 is 14.7. The highest BCUT2D eigenvalue weighted by Gasteiger charge is 2.21. The quantitative estimate of drug-likeness (QED) is 0.154. The van der Waals surface area contributed by atoms with Gasteiger partial charge in [0.2, 0.25) is 14.2 Å². The van der Waals surface area contributed by atoms with Crippen molar-refractivity contribution in [2.24, 2.45) is 0 Å². The van der Waals surface area contributed by atoms with Gasteiger partial charge in [-0.15, -0.1) is 0 Å². The molecule has 0 bridgehead atoms. The van der Waals surface area contributed by atoms with E-state index >= 15 is 0 Å². The molecule has 0 saturated carbocycles. The third kappa shape index (κ3) is 12.4. The summed E-state index contributed by atoms with van der Waals surface area (Å²) < 4.78 is 27.3. The van der Waals surface area contributed by atoms with Crippen LogP contribution < -0.4 is 21.3 Å². The second-order valence-corrected chi connectivity index (χ2v) is 18.1. The average molecular weight is 952 g/mol. The van der Waals surface area contributed by atoms with Crippen LogP contribution in [0, 0.1) is 13.8 Å². The van der Waals surface area contributed by atoms with Crippen molar-refractivity contribution in [3.63, 3.8) is 0 Å². The monoisotopic (exact) mass is 950 g/mol. The molecule has 14 nitrogen and oxygen atoms in total. The number of rotatable bonds is 7. The van der Waals surface area contributed by atoms with Crippen LogP contribution in [0.15, 0.2) is 124 Å². The summed E-state index contributed by atoms with van der Waals surface area (Å²) in [6.45, 7) is 6.36. The Hall–Kier alpha value is -5.98. The number of nitrogens with zero attached hydrogens (tertiary/aromatic N) is 7. The number of carboxylic acids is 1. The van der Waals surface area contributed by atoms with Crippen LogP contribution in [0.5, 0.6) is 0 Å². The summed E-state index contributed by atoms with van der Waals surface area (Å²) in [6, 6.07) is 30.8. The molecule has 0 fully saturated rings. The number of carboxylic acid groups (broad SMARTS) is 1. The predicted octanol–water partition coefficient (Wildman–Crippen LogP) is 10.3. The van der Waals surface area contributed by atoms with Crippen molar-refractivity contribution in [3.8, 4) is 11.4 Å². The fourth-order valence-electron chi connectivity index (χ4n) is 5.54. The Balaban J connectivity index is 0.000000261. The summed E-state index contributed by atoms with van der Waals surface area (Å²) in [5, 5.41) is 12.1. The van der Waals surface area contributed by atoms with Crippen molar-refractivity contribution in [1.82, 2.24) is 29.1 Å². The van der Waals surface area contributed by atoms with E-state index in [-0.39, 0.29) is 46.4 Å². The van der Waals surface area contributed by atoms with Gasteiger partial charge in [-0.3, -0.25) is 23.5 Å². The van der Waals surface area contributed by atoms with Gasteiger partial charge in [0.1, 0.15) is 22.1 Å². The Morgan fingerprint density at radius 2 is 1.19 bits per heavy atom. The van der Waals surface area contributed by atoms with Crippen molar-refractivity contribution < 1.29 is 18.3 Å².